The number of carbonyl (C=O) groups is 1. The zero-order valence-corrected chi connectivity index (χ0v) is 27.6. The van der Waals surface area contributed by atoms with E-state index in [1.165, 1.54) is 60.8 Å². The Balaban J connectivity index is 1.08. The fourth-order valence-electron chi connectivity index (χ4n) is 7.11. The van der Waals surface area contributed by atoms with Gasteiger partial charge in [-0.1, -0.05) is 71.6 Å². The Morgan fingerprint density at radius 1 is 0.907 bits per heavy atom. The number of halogens is 3. The molecule has 2 aromatic carbocycles. The van der Waals surface area contributed by atoms with Crippen LogP contribution in [-0.4, -0.2) is 69.0 Å². The second-order valence-electron chi connectivity index (χ2n) is 12.2. The predicted octanol–water partition coefficient (Wildman–Crippen LogP) is 6.97. The maximum absolute atomic E-state index is 13.5. The molecule has 43 heavy (non-hydrogen) atoms. The Kier molecular flexibility index (Phi) is 11.7. The Morgan fingerprint density at radius 3 is 2.23 bits per heavy atom. The van der Waals surface area contributed by atoms with Crippen LogP contribution in [0, 0.1) is 11.8 Å². The average molecular weight is 671 g/mol. The Labute approximate surface area is 271 Å². The molecule has 11 heteroatoms. The van der Waals surface area contributed by atoms with Gasteiger partial charge in [0.1, 0.15) is 11.5 Å². The lowest BCUT2D eigenvalue weighted by Crippen LogP contribution is -2.46. The van der Waals surface area contributed by atoms with Crippen LogP contribution < -0.4 is 5.32 Å². The molecule has 5 rings (SSSR count). The molecule has 1 saturated carbocycles. The van der Waals surface area contributed by atoms with Crippen LogP contribution >= 0.6 is 34.8 Å². The minimum absolute atomic E-state index is 0.0113. The van der Waals surface area contributed by atoms with Crippen LogP contribution in [0.3, 0.4) is 0 Å². The summed E-state index contributed by atoms with van der Waals surface area (Å²) >= 11 is 18.5. The summed E-state index contributed by atoms with van der Waals surface area (Å²) in [7, 11) is -3.97. The summed E-state index contributed by atoms with van der Waals surface area (Å²) in [6, 6.07) is 13.8. The number of nitrogens with zero attached hydrogens (tertiary/aromatic N) is 2. The molecule has 236 valence electrons. The van der Waals surface area contributed by atoms with Gasteiger partial charge in [-0.3, -0.25) is 9.69 Å². The SMILES string of the molecule is O=C(COCC1CCCCN1S(=O)(=O)c1c(Cl)cc(Cl)cc1Cl)NCC1CCC(C(c2ccccc2)N2CCCC2)CC1. The molecule has 2 aromatic rings. The largest absolute Gasteiger partial charge is 0.370 e. The van der Waals surface area contributed by atoms with Crippen LogP contribution in [0.2, 0.25) is 15.1 Å². The van der Waals surface area contributed by atoms with E-state index in [0.717, 1.165) is 25.7 Å². The van der Waals surface area contributed by atoms with Gasteiger partial charge in [-0.2, -0.15) is 4.31 Å². The van der Waals surface area contributed by atoms with Crippen molar-refractivity contribution in [1.29, 1.82) is 0 Å². The second kappa shape index (κ2) is 15.3. The van der Waals surface area contributed by atoms with Crippen LogP contribution in [0.1, 0.15) is 69.4 Å². The molecular formula is C32H42Cl3N3O4S. The van der Waals surface area contributed by atoms with Crippen molar-refractivity contribution < 1.29 is 17.9 Å². The maximum Gasteiger partial charge on any atom is 0.246 e. The van der Waals surface area contributed by atoms with Gasteiger partial charge >= 0.3 is 0 Å². The summed E-state index contributed by atoms with van der Waals surface area (Å²) in [5.41, 5.74) is 1.43. The van der Waals surface area contributed by atoms with Gasteiger partial charge < -0.3 is 10.1 Å². The first-order chi connectivity index (χ1) is 20.7. The molecule has 2 atom stereocenters. The van der Waals surface area contributed by atoms with Crippen LogP contribution in [0.4, 0.5) is 0 Å². The number of carbonyl (C=O) groups excluding carboxylic acids is 1. The molecule has 2 aliphatic heterocycles. The molecule has 1 amide bonds. The molecule has 0 spiro atoms. The first-order valence-electron chi connectivity index (χ1n) is 15.5. The number of amides is 1. The predicted molar refractivity (Wildman–Crippen MR) is 172 cm³/mol. The quantitative estimate of drug-likeness (QED) is 0.280. The number of hydrogen-bond acceptors (Lipinski definition) is 5. The molecule has 1 N–H and O–H groups in total. The third-order valence-electron chi connectivity index (χ3n) is 9.25. The van der Waals surface area contributed by atoms with Crippen LogP contribution in [0.25, 0.3) is 0 Å². The lowest BCUT2D eigenvalue weighted by atomic mass is 9.76. The van der Waals surface area contributed by atoms with E-state index in [-0.39, 0.29) is 39.1 Å². The third-order valence-corrected chi connectivity index (χ3v) is 12.3. The number of benzene rings is 2. The van der Waals surface area contributed by atoms with Gasteiger partial charge in [0.25, 0.3) is 0 Å². The fourth-order valence-corrected chi connectivity index (χ4v) is 10.3. The zero-order valence-electron chi connectivity index (χ0n) is 24.5. The van der Waals surface area contributed by atoms with E-state index in [4.69, 9.17) is 39.5 Å². The highest BCUT2D eigenvalue weighted by molar-refractivity contribution is 7.89. The summed E-state index contributed by atoms with van der Waals surface area (Å²) in [6.45, 7) is 3.37. The molecule has 3 fully saturated rings. The van der Waals surface area contributed by atoms with Crippen LogP contribution in [0.15, 0.2) is 47.4 Å². The first kappa shape index (κ1) is 33.0. The number of sulfonamides is 1. The van der Waals surface area contributed by atoms with E-state index >= 15 is 0 Å². The molecule has 2 saturated heterocycles. The molecular weight excluding hydrogens is 629 g/mol. The van der Waals surface area contributed by atoms with Crippen molar-refractivity contribution in [1.82, 2.24) is 14.5 Å². The van der Waals surface area contributed by atoms with Gasteiger partial charge in [-0.05, 0) is 94.0 Å². The third kappa shape index (κ3) is 8.26. The lowest BCUT2D eigenvalue weighted by Gasteiger charge is -2.39. The number of hydrogen-bond donors (Lipinski definition) is 1. The normalized spacial score (nSPS) is 24.6. The topological polar surface area (TPSA) is 78.9 Å². The molecule has 2 heterocycles. The smallest absolute Gasteiger partial charge is 0.246 e. The van der Waals surface area contributed by atoms with Crippen LogP contribution in [-0.2, 0) is 19.6 Å². The molecule has 7 nitrogen and oxygen atoms in total. The van der Waals surface area contributed by atoms with Crippen molar-refractivity contribution >= 4 is 50.7 Å². The zero-order chi connectivity index (χ0) is 30.4. The van der Waals surface area contributed by atoms with Crippen molar-refractivity contribution in [3.8, 4) is 0 Å². The first-order valence-corrected chi connectivity index (χ1v) is 18.1. The number of rotatable bonds is 11. The van der Waals surface area contributed by atoms with Crippen molar-refractivity contribution in [2.24, 2.45) is 11.8 Å². The van der Waals surface area contributed by atoms with Crippen molar-refractivity contribution in [2.75, 3.05) is 39.4 Å². The van der Waals surface area contributed by atoms with Gasteiger partial charge in [-0.25, -0.2) is 8.42 Å². The summed E-state index contributed by atoms with van der Waals surface area (Å²) in [5.74, 6) is 0.932. The summed E-state index contributed by atoms with van der Waals surface area (Å²) in [5, 5.41) is 3.30. The lowest BCUT2D eigenvalue weighted by molar-refractivity contribution is -0.126. The van der Waals surface area contributed by atoms with Crippen LogP contribution in [0.5, 0.6) is 0 Å². The van der Waals surface area contributed by atoms with Gasteiger partial charge in [0, 0.05) is 30.2 Å². The Bertz CT molecular complexity index is 1310. The molecule has 1 aliphatic carbocycles. The van der Waals surface area contributed by atoms with Crippen molar-refractivity contribution in [3.63, 3.8) is 0 Å². The molecule has 0 aromatic heterocycles. The van der Waals surface area contributed by atoms with E-state index in [0.29, 0.717) is 37.4 Å². The summed E-state index contributed by atoms with van der Waals surface area (Å²) in [6.07, 6.45) is 9.35. The summed E-state index contributed by atoms with van der Waals surface area (Å²) < 4.78 is 34.2. The molecule has 0 bridgehead atoms. The van der Waals surface area contributed by atoms with E-state index in [2.05, 4.69) is 40.5 Å². The fraction of sp³-hybridized carbons (Fsp3) is 0.594. The highest BCUT2D eigenvalue weighted by Gasteiger charge is 2.37. The van der Waals surface area contributed by atoms with Gasteiger partial charge in [-0.15, -0.1) is 0 Å². The van der Waals surface area contributed by atoms with Gasteiger partial charge in [0.2, 0.25) is 15.9 Å². The standard InChI is InChI=1S/C32H42Cl3N3O4S/c33-26-18-28(34)32(29(35)19-26)43(40,41)38-17-5-4-10-27(38)21-42-22-30(39)36-20-23-11-13-25(14-12-23)31(37-15-6-7-16-37)24-8-2-1-3-9-24/h1-3,8-9,18-19,23,25,27,31H,4-7,10-17,20-22H2,(H,36,39). The average Bonchev–Trinajstić information content (AvgIpc) is 3.51. The van der Waals surface area contributed by atoms with Crippen molar-refractivity contribution in [3.05, 3.63) is 63.1 Å². The molecule has 2 unspecified atom stereocenters. The highest BCUT2D eigenvalue weighted by atomic mass is 35.5. The summed E-state index contributed by atoms with van der Waals surface area (Å²) in [4.78, 5) is 15.2. The minimum Gasteiger partial charge on any atom is -0.370 e. The van der Waals surface area contributed by atoms with Gasteiger partial charge in [0.05, 0.1) is 16.7 Å². The minimum atomic E-state index is -3.97. The monoisotopic (exact) mass is 669 g/mol. The molecule has 0 radical (unpaired) electrons. The second-order valence-corrected chi connectivity index (χ2v) is 15.2. The van der Waals surface area contributed by atoms with E-state index in [1.54, 1.807) is 0 Å². The number of nitrogens with one attached hydrogen (secondary N) is 1. The number of ether oxygens (including phenoxy) is 1. The highest BCUT2D eigenvalue weighted by Crippen LogP contribution is 2.41. The van der Waals surface area contributed by atoms with Crippen molar-refractivity contribution in [2.45, 2.75) is 74.8 Å². The van der Waals surface area contributed by atoms with E-state index in [1.807, 2.05) is 0 Å². The number of piperidine rings is 1. The number of likely N-dealkylation sites (tertiary alicyclic amines) is 1. The van der Waals surface area contributed by atoms with E-state index < -0.39 is 16.1 Å². The van der Waals surface area contributed by atoms with Gasteiger partial charge in [0.15, 0.2) is 0 Å². The Morgan fingerprint density at radius 2 is 1.56 bits per heavy atom. The molecule has 3 aliphatic rings. The maximum atomic E-state index is 13.5. The Hall–Kier alpha value is -1.39. The van der Waals surface area contributed by atoms with E-state index in [9.17, 15) is 13.2 Å².